The minimum absolute atomic E-state index is 0. The number of rotatable bonds is 0. The molecule has 11 heavy (non-hydrogen) atoms. The maximum atomic E-state index is 9.90. The molecule has 0 saturated heterocycles. The number of nitrogens with two attached hydrogens (primary N) is 1. The van der Waals surface area contributed by atoms with Crippen molar-refractivity contribution in [1.29, 1.82) is 0 Å². The first-order valence-corrected chi connectivity index (χ1v) is 2.36. The molecule has 0 aromatic rings. The average Bonchev–Trinajstić information content (AvgIpc) is 1.21. The summed E-state index contributed by atoms with van der Waals surface area (Å²) in [4.78, 5) is 9.90. The van der Waals surface area contributed by atoms with Crippen LogP contribution in [0.15, 0.2) is 0 Å². The molecule has 0 aromatic carbocycles. The molecule has 1 amide bonds. The molecular weight excluding hydrogens is 298 g/mol. The molecule has 0 bridgehead atoms. The molecule has 0 saturated carbocycles. The van der Waals surface area contributed by atoms with Crippen molar-refractivity contribution in [3.63, 3.8) is 0 Å². The van der Waals surface area contributed by atoms with Crippen molar-refractivity contribution in [3.05, 3.63) is 11.9 Å². The van der Waals surface area contributed by atoms with Crippen LogP contribution in [0.1, 0.15) is 20.8 Å². The Balaban J connectivity index is -0.0000000817. The van der Waals surface area contributed by atoms with Crippen LogP contribution >= 0.6 is 0 Å². The van der Waals surface area contributed by atoms with Gasteiger partial charge in [0, 0.05) is 65.4 Å². The number of carbonyl (C=O) groups excluding carboxylic acids is 1. The van der Waals surface area contributed by atoms with E-state index in [2.05, 4.69) is 4.74 Å². The Kier molecular flexibility index (Phi) is 19.8. The van der Waals surface area contributed by atoms with Crippen molar-refractivity contribution >= 4 is 6.09 Å². The average molecular weight is 310 g/mol. The first kappa shape index (κ1) is 22.9. The van der Waals surface area contributed by atoms with E-state index >= 15 is 0 Å². The topological polar surface area (TPSA) is 83.6 Å². The molecule has 0 aliphatic carbocycles. The maximum Gasteiger partial charge on any atom is 0.227 e. The van der Waals surface area contributed by atoms with Crippen LogP contribution in [-0.4, -0.2) is 11.7 Å². The van der Waals surface area contributed by atoms with Gasteiger partial charge < -0.3 is 16.6 Å². The molecule has 0 heterocycles. The zero-order chi connectivity index (χ0) is 6.78. The second kappa shape index (κ2) is 9.53. The first-order chi connectivity index (χ1) is 3.42. The van der Waals surface area contributed by atoms with Gasteiger partial charge in [-0.1, -0.05) is 0 Å². The second-order valence-corrected chi connectivity index (χ2v) is 2.50. The summed E-state index contributed by atoms with van der Waals surface area (Å²) >= 11 is 0. The van der Waals surface area contributed by atoms with Gasteiger partial charge in [0.1, 0.15) is 5.60 Å². The van der Waals surface area contributed by atoms with Crippen LogP contribution in [-0.2, 0) is 70.2 Å². The molecule has 0 atom stereocenters. The summed E-state index contributed by atoms with van der Waals surface area (Å²) in [5.41, 5.74) is 5.86. The fraction of sp³-hybridized carbons (Fsp3) is 0.800. The molecule has 0 spiro atoms. The summed E-state index contributed by atoms with van der Waals surface area (Å²) in [5, 5.41) is 0. The van der Waals surface area contributed by atoms with E-state index in [0.717, 1.165) is 0 Å². The van der Waals surface area contributed by atoms with Gasteiger partial charge in [-0.15, -0.1) is 0 Å². The van der Waals surface area contributed by atoms with E-state index < -0.39 is 11.7 Å². The van der Waals surface area contributed by atoms with E-state index in [1.54, 1.807) is 20.8 Å². The van der Waals surface area contributed by atoms with Gasteiger partial charge in [-0.2, -0.15) is 0 Å². The van der Waals surface area contributed by atoms with Crippen LogP contribution in [0.25, 0.3) is 11.9 Å². The molecular formula is C5H12N2O2Y2-2. The molecule has 4 nitrogen and oxygen atoms in total. The Morgan fingerprint density at radius 3 is 1.55 bits per heavy atom. The fourth-order valence-electron chi connectivity index (χ4n) is 0.278. The largest absolute Gasteiger partial charge is 0.693 e. The summed E-state index contributed by atoms with van der Waals surface area (Å²) < 4.78 is 4.47. The quantitative estimate of drug-likeness (QED) is 0.689. The molecule has 2 radical (unpaired) electrons. The first-order valence-electron chi connectivity index (χ1n) is 2.36. The zero-order valence-corrected chi connectivity index (χ0v) is 12.7. The van der Waals surface area contributed by atoms with Gasteiger partial charge in [-0.25, -0.2) is 0 Å². The number of ether oxygens (including phenoxy) is 1. The molecule has 3 N–H and O–H groups in total. The standard InChI is InChI=1S/C5H11NO2.H2N.2Y/c1-5(2,3)8-4(6)7;;;/h1-3H3,(H2,6,7);1H2;;/q;-1;;/p-1. The molecule has 0 unspecified atom stereocenters. The van der Waals surface area contributed by atoms with Crippen molar-refractivity contribution in [2.75, 3.05) is 0 Å². The summed E-state index contributed by atoms with van der Waals surface area (Å²) in [6.45, 7) is 5.16. The molecule has 62 valence electrons. The van der Waals surface area contributed by atoms with Gasteiger partial charge in [0.15, 0.2) is 0 Å². The fourth-order valence-corrected chi connectivity index (χ4v) is 0.278. The second-order valence-electron chi connectivity index (χ2n) is 2.50. The number of hydrogen-bond donors (Lipinski definition) is 0. The van der Waals surface area contributed by atoms with E-state index in [-0.39, 0.29) is 71.6 Å². The minimum atomic E-state index is -0.975. The predicted octanol–water partition coefficient (Wildman–Crippen LogP) is 2.69. The van der Waals surface area contributed by atoms with E-state index in [4.69, 9.17) is 5.73 Å². The number of nitrogens with one attached hydrogen (secondary N) is 1. The molecule has 0 aliphatic rings. The van der Waals surface area contributed by atoms with Crippen molar-refractivity contribution in [2.45, 2.75) is 26.4 Å². The molecule has 0 aromatic heterocycles. The van der Waals surface area contributed by atoms with Gasteiger partial charge >= 0.3 is 0 Å². The van der Waals surface area contributed by atoms with Crippen LogP contribution in [0.5, 0.6) is 0 Å². The monoisotopic (exact) mass is 310 g/mol. The molecule has 0 fully saturated rings. The summed E-state index contributed by atoms with van der Waals surface area (Å²) in [7, 11) is 0. The van der Waals surface area contributed by atoms with Crippen molar-refractivity contribution < 1.29 is 74.9 Å². The Morgan fingerprint density at radius 2 is 1.55 bits per heavy atom. The normalized spacial score (nSPS) is 7.91. The van der Waals surface area contributed by atoms with Crippen molar-refractivity contribution in [1.82, 2.24) is 0 Å². The van der Waals surface area contributed by atoms with Crippen LogP contribution < -0.4 is 0 Å². The molecule has 0 aliphatic heterocycles. The summed E-state index contributed by atoms with van der Waals surface area (Å²) in [6, 6.07) is 0. The predicted molar refractivity (Wildman–Crippen MR) is 35.8 cm³/mol. The zero-order valence-electron chi connectivity index (χ0n) is 7.05. The van der Waals surface area contributed by atoms with Gasteiger partial charge in [0.05, 0.1) is 0 Å². The summed E-state index contributed by atoms with van der Waals surface area (Å²) in [6.07, 6.45) is -0.975. The third-order valence-corrected chi connectivity index (χ3v) is 0.399. The smallest absolute Gasteiger partial charge is 0.227 e. The van der Waals surface area contributed by atoms with Crippen LogP contribution in [0.4, 0.5) is 4.79 Å². The van der Waals surface area contributed by atoms with Crippen LogP contribution in [0, 0.1) is 0 Å². The van der Waals surface area contributed by atoms with Gasteiger partial charge in [0.2, 0.25) is 6.09 Å². The minimum Gasteiger partial charge on any atom is -0.693 e. The number of amides is 1. The van der Waals surface area contributed by atoms with Crippen molar-refractivity contribution in [2.24, 2.45) is 0 Å². The SMILES string of the molecule is CC(C)(C)OC([NH-])=O.[NH2-].[Y].[Y]. The van der Waals surface area contributed by atoms with Gasteiger partial charge in [-0.3, -0.25) is 4.79 Å². The Morgan fingerprint density at radius 1 is 1.27 bits per heavy atom. The Hall–Kier alpha value is 1.44. The van der Waals surface area contributed by atoms with E-state index in [0.29, 0.717) is 0 Å². The van der Waals surface area contributed by atoms with Gasteiger partial charge in [-0.05, 0) is 20.8 Å². The Bertz CT molecular complexity index is 103. The third-order valence-electron chi connectivity index (χ3n) is 0.399. The van der Waals surface area contributed by atoms with E-state index in [1.807, 2.05) is 0 Å². The van der Waals surface area contributed by atoms with Crippen molar-refractivity contribution in [3.8, 4) is 0 Å². The molecule has 0 rings (SSSR count). The number of hydrogen-bond acceptors (Lipinski definition) is 2. The van der Waals surface area contributed by atoms with Gasteiger partial charge in [0.25, 0.3) is 0 Å². The summed E-state index contributed by atoms with van der Waals surface area (Å²) in [5.74, 6) is 0. The van der Waals surface area contributed by atoms with Crippen LogP contribution in [0.2, 0.25) is 0 Å². The van der Waals surface area contributed by atoms with E-state index in [1.165, 1.54) is 0 Å². The Labute approximate surface area is 118 Å². The molecule has 6 heteroatoms. The maximum absolute atomic E-state index is 9.90. The third kappa shape index (κ3) is 24.6. The van der Waals surface area contributed by atoms with E-state index in [9.17, 15) is 4.79 Å². The van der Waals surface area contributed by atoms with Crippen LogP contribution in [0.3, 0.4) is 0 Å². The number of carbonyl (C=O) groups is 1.